The molecule has 2 aromatic rings. The number of allylic oxidation sites excluding steroid dienone is 1. The first-order chi connectivity index (χ1) is 21.9. The fraction of sp³-hybridized carbons (Fsp3) is 0.514. The summed E-state index contributed by atoms with van der Waals surface area (Å²) in [6.07, 6.45) is 2.77. The Balaban J connectivity index is -0.000000801. The van der Waals surface area contributed by atoms with Crippen molar-refractivity contribution in [2.75, 3.05) is 41.7 Å². The van der Waals surface area contributed by atoms with Gasteiger partial charge in [0.05, 0.1) is 21.5 Å². The van der Waals surface area contributed by atoms with Crippen molar-refractivity contribution in [3.63, 3.8) is 0 Å². The van der Waals surface area contributed by atoms with Gasteiger partial charge in [0, 0.05) is 39.7 Å². The Hall–Kier alpha value is -3.37. The summed E-state index contributed by atoms with van der Waals surface area (Å²) in [5.74, 6) is -0.242. The largest absolute Gasteiger partial charge is 0.405 e. The van der Waals surface area contributed by atoms with Crippen molar-refractivity contribution < 1.29 is 40.3 Å². The lowest BCUT2D eigenvalue weighted by atomic mass is 9.93. The number of carbonyl (C=O) groups excluding carboxylic acids is 1. The molecule has 1 unspecified atom stereocenters. The van der Waals surface area contributed by atoms with Crippen LogP contribution in [-0.4, -0.2) is 58.7 Å². The molecule has 11 heteroatoms. The van der Waals surface area contributed by atoms with E-state index in [1.54, 1.807) is 13.0 Å². The number of alkyl halides is 6. The maximum absolute atomic E-state index is 12.5. The molecule has 2 rings (SSSR count). The van der Waals surface area contributed by atoms with Gasteiger partial charge in [-0.25, -0.2) is 0 Å². The van der Waals surface area contributed by atoms with Crippen LogP contribution < -0.4 is 15.8 Å². The second kappa shape index (κ2) is 30.3. The third kappa shape index (κ3) is 21.4. The topological polar surface area (TPSA) is 32.3 Å². The lowest BCUT2D eigenvalue weighted by molar-refractivity contribution is -0.123. The molecule has 0 bridgehead atoms. The van der Waals surface area contributed by atoms with E-state index < -0.39 is 18.6 Å². The zero-order chi connectivity index (χ0) is 36.9. The van der Waals surface area contributed by atoms with Crippen molar-refractivity contribution in [2.45, 2.75) is 72.9 Å². The highest BCUT2D eigenvalue weighted by Gasteiger charge is 2.28. The minimum absolute atomic E-state index is 0.228. The Kier molecular flexibility index (Phi) is 32.6. The predicted molar refractivity (Wildman–Crippen MR) is 179 cm³/mol. The molecule has 1 N–H and O–H groups in total. The molecular weight excluding hydrogens is 616 g/mol. The van der Waals surface area contributed by atoms with Crippen LogP contribution in [0.2, 0.25) is 0 Å². The number of halogens is 8. The Morgan fingerprint density at radius 2 is 1.46 bits per heavy atom. The molecule has 0 radical (unpaired) electrons. The van der Waals surface area contributed by atoms with Crippen molar-refractivity contribution in [3.05, 3.63) is 75.7 Å². The van der Waals surface area contributed by atoms with Gasteiger partial charge >= 0.3 is 6.18 Å². The Labute approximate surface area is 270 Å². The van der Waals surface area contributed by atoms with E-state index in [4.69, 9.17) is 9.15 Å². The van der Waals surface area contributed by atoms with Crippen LogP contribution in [-0.2, 0) is 0 Å². The summed E-state index contributed by atoms with van der Waals surface area (Å²) in [6, 6.07) is 11.7. The van der Waals surface area contributed by atoms with Crippen LogP contribution in [0.25, 0.3) is 18.4 Å². The van der Waals surface area contributed by atoms with Crippen molar-refractivity contribution >= 4 is 24.3 Å². The third-order valence-corrected chi connectivity index (χ3v) is 6.44. The van der Waals surface area contributed by atoms with Gasteiger partial charge in [0.25, 0.3) is 5.91 Å². The van der Waals surface area contributed by atoms with Crippen LogP contribution in [0, 0.1) is 19.8 Å². The van der Waals surface area contributed by atoms with Gasteiger partial charge < -0.3 is 10.2 Å². The van der Waals surface area contributed by atoms with Gasteiger partial charge in [-0.3, -0.25) is 18.0 Å². The number of hydrogen-bond donors (Lipinski definition) is 1. The normalized spacial score (nSPS) is 10.8. The molecular formula is C35H54F8N2O. The van der Waals surface area contributed by atoms with Crippen LogP contribution in [0.4, 0.5) is 35.5 Å². The lowest BCUT2D eigenvalue weighted by Crippen LogP contribution is -2.37. The molecule has 0 saturated carbocycles. The van der Waals surface area contributed by atoms with E-state index in [1.165, 1.54) is 17.2 Å². The smallest absolute Gasteiger partial charge is 0.380 e. The Morgan fingerprint density at radius 3 is 1.93 bits per heavy atom. The number of amides is 1. The second-order valence-corrected chi connectivity index (χ2v) is 9.69. The predicted octanol–water partition coefficient (Wildman–Crippen LogP) is 9.60. The highest BCUT2D eigenvalue weighted by molar-refractivity contribution is 5.95. The second-order valence-electron chi connectivity index (χ2n) is 9.69. The number of nitrogens with zero attached hydrogens (tertiary/aromatic N) is 1. The zero-order valence-corrected chi connectivity index (χ0v) is 28.9. The van der Waals surface area contributed by atoms with Gasteiger partial charge in [-0.1, -0.05) is 76.2 Å². The van der Waals surface area contributed by atoms with Crippen LogP contribution in [0.15, 0.2) is 43.0 Å². The molecule has 0 saturated heterocycles. The summed E-state index contributed by atoms with van der Waals surface area (Å²) in [4.78, 5) is 14.5. The minimum Gasteiger partial charge on any atom is -0.380 e. The number of rotatable bonds is 12. The number of aryl methyl sites for hydroxylation is 1. The molecule has 0 heterocycles. The molecule has 266 valence electrons. The first-order valence-electron chi connectivity index (χ1n) is 14.8. The summed E-state index contributed by atoms with van der Waals surface area (Å²) < 4.78 is 82.1. The SMILES string of the molecule is C=C(CCCC(CCC)CN(C)/C=c1/c(C)c(C(=O)NCC(F)(F)F)ccc1=C)c1ccc(C)cc1.CC.CF.CF.CF.FF. The maximum Gasteiger partial charge on any atom is 0.405 e. The molecule has 1 amide bonds. The molecule has 1 atom stereocenters. The molecule has 0 aromatic heterocycles. The van der Waals surface area contributed by atoms with Gasteiger partial charge in [0.15, 0.2) is 0 Å². The van der Waals surface area contributed by atoms with E-state index in [0.29, 0.717) is 33.0 Å². The number of hydrogen-bond acceptors (Lipinski definition) is 2. The van der Waals surface area contributed by atoms with Crippen LogP contribution in [0.1, 0.15) is 79.9 Å². The molecule has 0 aliphatic carbocycles. The monoisotopic (exact) mass is 670 g/mol. The van der Waals surface area contributed by atoms with Crippen LogP contribution >= 0.6 is 0 Å². The summed E-state index contributed by atoms with van der Waals surface area (Å²) in [6.45, 7) is 17.8. The summed E-state index contributed by atoms with van der Waals surface area (Å²) in [7, 11) is 3.49. The van der Waals surface area contributed by atoms with Gasteiger partial charge in [0.2, 0.25) is 0 Å². The molecule has 0 fully saturated rings. The standard InChI is InChI=1S/C30H39F3N2O.C2H6.3CH3F.F2/c1-7-9-25(11-8-10-22(3)26-15-12-21(2)13-16-26)18-35(6)19-28-23(4)14-17-27(24(28)5)29(36)34-20-30(31,32)33;5*1-2/h12-17,19,25H,3-4,7-11,18,20H2,1-2,5-6H3,(H,34,36);1-2H3;3*1H3;/b28-19+;;;;;. The number of nitrogens with one attached hydrogen (secondary N) is 1. The van der Waals surface area contributed by atoms with Crippen molar-refractivity contribution in [1.29, 1.82) is 0 Å². The van der Waals surface area contributed by atoms with E-state index >= 15 is 0 Å². The zero-order valence-electron chi connectivity index (χ0n) is 28.9. The highest BCUT2D eigenvalue weighted by atomic mass is 20.0. The number of carbonyl (C=O) groups is 1. The minimum atomic E-state index is -4.45. The van der Waals surface area contributed by atoms with Gasteiger partial charge in [-0.05, 0) is 73.4 Å². The molecule has 0 aliphatic rings. The van der Waals surface area contributed by atoms with E-state index in [2.05, 4.69) is 56.2 Å². The summed E-state index contributed by atoms with van der Waals surface area (Å²) >= 11 is 0. The van der Waals surface area contributed by atoms with E-state index in [9.17, 15) is 31.1 Å². The van der Waals surface area contributed by atoms with E-state index in [1.807, 2.05) is 32.4 Å². The third-order valence-electron chi connectivity index (χ3n) is 6.44. The van der Waals surface area contributed by atoms with E-state index in [0.717, 1.165) is 54.7 Å². The molecule has 0 aliphatic heterocycles. The molecule has 46 heavy (non-hydrogen) atoms. The van der Waals surface area contributed by atoms with Gasteiger partial charge in [-0.2, -0.15) is 13.2 Å². The van der Waals surface area contributed by atoms with Gasteiger partial charge in [0.1, 0.15) is 6.54 Å². The fourth-order valence-corrected chi connectivity index (χ4v) is 4.44. The van der Waals surface area contributed by atoms with Crippen molar-refractivity contribution in [2.24, 2.45) is 5.92 Å². The van der Waals surface area contributed by atoms with Gasteiger partial charge in [-0.15, -0.1) is 0 Å². The quantitative estimate of drug-likeness (QED) is 0.228. The fourth-order valence-electron chi connectivity index (χ4n) is 4.44. The summed E-state index contributed by atoms with van der Waals surface area (Å²) in [5.41, 5.74) is 4.43. The average Bonchev–Trinajstić information content (AvgIpc) is 3.06. The molecule has 0 spiro atoms. The summed E-state index contributed by atoms with van der Waals surface area (Å²) in [5, 5.41) is 3.45. The van der Waals surface area contributed by atoms with Crippen molar-refractivity contribution in [3.8, 4) is 0 Å². The highest BCUT2D eigenvalue weighted by Crippen LogP contribution is 2.23. The molecule has 2 aromatic carbocycles. The van der Waals surface area contributed by atoms with Crippen LogP contribution in [0.3, 0.4) is 0 Å². The van der Waals surface area contributed by atoms with E-state index in [-0.39, 0.29) is 5.56 Å². The average molecular weight is 671 g/mol. The van der Waals surface area contributed by atoms with Crippen molar-refractivity contribution in [1.82, 2.24) is 10.2 Å². The maximum atomic E-state index is 12.5. The molecule has 3 nitrogen and oxygen atoms in total. The first kappa shape index (κ1) is 49.5. The Morgan fingerprint density at radius 1 is 0.935 bits per heavy atom. The number of benzene rings is 2. The van der Waals surface area contributed by atoms with Crippen LogP contribution in [0.5, 0.6) is 0 Å². The lowest BCUT2D eigenvalue weighted by Gasteiger charge is -2.23. The first-order valence-corrected chi connectivity index (χ1v) is 14.8. The Bertz CT molecular complexity index is 1150.